The van der Waals surface area contributed by atoms with Crippen molar-refractivity contribution in [3.05, 3.63) is 71.1 Å². The fourth-order valence-electron chi connectivity index (χ4n) is 3.62. The number of hydrogen-bond acceptors (Lipinski definition) is 8. The van der Waals surface area contributed by atoms with Crippen molar-refractivity contribution in [2.45, 2.75) is 32.4 Å². The molecule has 1 aliphatic heterocycles. The largest absolute Gasteiger partial charge is 0.454 e. The fourth-order valence-corrected chi connectivity index (χ4v) is 4.08. The Morgan fingerprint density at radius 2 is 1.76 bits per heavy atom. The number of benzene rings is 2. The molecule has 2 heterocycles. The number of hydrogen-bond donors (Lipinski definition) is 0. The van der Waals surface area contributed by atoms with Gasteiger partial charge < -0.3 is 9.26 Å². The van der Waals surface area contributed by atoms with E-state index in [-0.39, 0.29) is 18.9 Å². The number of carbonyl (C=O) groups is 3. The predicted octanol–water partition coefficient (Wildman–Crippen LogP) is 3.76. The van der Waals surface area contributed by atoms with Crippen LogP contribution in [0.25, 0.3) is 11.4 Å². The minimum Gasteiger partial charge on any atom is -0.454 e. The zero-order valence-electron chi connectivity index (χ0n) is 18.3. The first-order valence-corrected chi connectivity index (χ1v) is 12.0. The van der Waals surface area contributed by atoms with E-state index >= 15 is 0 Å². The summed E-state index contributed by atoms with van der Waals surface area (Å²) in [6, 6.07) is 13.3. The molecule has 0 radical (unpaired) electrons. The average molecular weight is 466 g/mol. The lowest BCUT2D eigenvalue weighted by atomic mass is 10.1. The maximum Gasteiger partial charge on any atom is 0.329 e. The molecule has 1 aromatic heterocycles. The van der Waals surface area contributed by atoms with Gasteiger partial charge in [0.1, 0.15) is 6.04 Å². The van der Waals surface area contributed by atoms with E-state index in [0.717, 1.165) is 16.9 Å². The summed E-state index contributed by atoms with van der Waals surface area (Å²) >= 11 is 1.51. The SMILES string of the molecule is CCc1ccc(-c2noc(COC(=O)C(CCSC)N3C(=O)c4ccccc4C3=O)n2)cc1. The monoisotopic (exact) mass is 465 g/mol. The number of fused-ring (bicyclic) bond motifs is 1. The summed E-state index contributed by atoms with van der Waals surface area (Å²) in [5.41, 5.74) is 2.57. The predicted molar refractivity (Wildman–Crippen MR) is 123 cm³/mol. The Kier molecular flexibility index (Phi) is 6.88. The van der Waals surface area contributed by atoms with Gasteiger partial charge in [-0.05, 0) is 42.5 Å². The molecule has 0 bridgehead atoms. The molecule has 2 aromatic carbocycles. The summed E-state index contributed by atoms with van der Waals surface area (Å²) in [5, 5.41) is 3.94. The Morgan fingerprint density at radius 1 is 1.09 bits per heavy atom. The van der Waals surface area contributed by atoms with E-state index in [0.29, 0.717) is 22.7 Å². The zero-order valence-corrected chi connectivity index (χ0v) is 19.1. The summed E-state index contributed by atoms with van der Waals surface area (Å²) in [6.07, 6.45) is 3.10. The zero-order chi connectivity index (χ0) is 23.4. The number of rotatable bonds is 9. The number of amides is 2. The molecule has 1 atom stereocenters. The molecule has 1 unspecified atom stereocenters. The highest BCUT2D eigenvalue weighted by Gasteiger charge is 2.43. The van der Waals surface area contributed by atoms with Crippen LogP contribution in [-0.4, -0.2) is 50.9 Å². The maximum atomic E-state index is 12.9. The van der Waals surface area contributed by atoms with Gasteiger partial charge in [0.25, 0.3) is 17.7 Å². The van der Waals surface area contributed by atoms with Crippen molar-refractivity contribution >= 4 is 29.5 Å². The van der Waals surface area contributed by atoms with Crippen LogP contribution in [0.3, 0.4) is 0 Å². The topological polar surface area (TPSA) is 103 Å². The van der Waals surface area contributed by atoms with Crippen LogP contribution < -0.4 is 0 Å². The van der Waals surface area contributed by atoms with Gasteiger partial charge in [-0.2, -0.15) is 16.7 Å². The van der Waals surface area contributed by atoms with Gasteiger partial charge >= 0.3 is 5.97 Å². The number of thioether (sulfide) groups is 1. The Balaban J connectivity index is 1.46. The molecular weight excluding hydrogens is 442 g/mol. The van der Waals surface area contributed by atoms with Crippen molar-refractivity contribution in [3.8, 4) is 11.4 Å². The van der Waals surface area contributed by atoms with Crippen molar-refractivity contribution in [1.82, 2.24) is 15.0 Å². The van der Waals surface area contributed by atoms with Crippen LogP contribution in [0.15, 0.2) is 53.1 Å². The van der Waals surface area contributed by atoms with Crippen molar-refractivity contribution in [2.24, 2.45) is 0 Å². The molecule has 0 N–H and O–H groups in total. The summed E-state index contributed by atoms with van der Waals surface area (Å²) in [6.45, 7) is 1.82. The number of aryl methyl sites for hydroxylation is 1. The van der Waals surface area contributed by atoms with E-state index in [1.807, 2.05) is 30.5 Å². The van der Waals surface area contributed by atoms with E-state index in [4.69, 9.17) is 9.26 Å². The molecule has 2 amide bonds. The Morgan fingerprint density at radius 3 is 2.36 bits per heavy atom. The standard InChI is InChI=1S/C24H23N3O5S/c1-3-15-8-10-16(11-9-15)21-25-20(32-26-21)14-31-24(30)19(12-13-33-2)27-22(28)17-6-4-5-7-18(17)23(27)29/h4-11,19H,3,12-14H2,1-2H3. The molecule has 0 saturated carbocycles. The quantitative estimate of drug-likeness (QED) is 0.348. The molecule has 8 nitrogen and oxygen atoms in total. The molecule has 0 fully saturated rings. The third kappa shape index (κ3) is 4.68. The van der Waals surface area contributed by atoms with Crippen LogP contribution in [-0.2, 0) is 22.6 Å². The first-order valence-electron chi connectivity index (χ1n) is 10.6. The molecular formula is C24H23N3O5S. The summed E-state index contributed by atoms with van der Waals surface area (Å²) in [5.74, 6) is -0.577. The molecule has 9 heteroatoms. The average Bonchev–Trinajstić information content (AvgIpc) is 3.42. The molecule has 33 heavy (non-hydrogen) atoms. The van der Waals surface area contributed by atoms with Gasteiger partial charge in [-0.15, -0.1) is 0 Å². The summed E-state index contributed by atoms with van der Waals surface area (Å²) < 4.78 is 10.6. The normalized spacial score (nSPS) is 13.8. The minimum absolute atomic E-state index is 0.129. The summed E-state index contributed by atoms with van der Waals surface area (Å²) in [7, 11) is 0. The molecule has 3 aromatic rings. The fraction of sp³-hybridized carbons (Fsp3) is 0.292. The van der Waals surface area contributed by atoms with Crippen LogP contribution in [0.5, 0.6) is 0 Å². The van der Waals surface area contributed by atoms with E-state index in [2.05, 4.69) is 17.1 Å². The molecule has 4 rings (SSSR count). The van der Waals surface area contributed by atoms with E-state index in [1.54, 1.807) is 24.3 Å². The van der Waals surface area contributed by atoms with Gasteiger partial charge in [-0.25, -0.2) is 4.79 Å². The number of nitrogens with zero attached hydrogens (tertiary/aromatic N) is 3. The highest BCUT2D eigenvalue weighted by atomic mass is 32.2. The lowest BCUT2D eigenvalue weighted by Gasteiger charge is -2.24. The molecule has 0 spiro atoms. The van der Waals surface area contributed by atoms with E-state index in [1.165, 1.54) is 17.3 Å². The number of esters is 1. The first-order chi connectivity index (χ1) is 16.0. The Labute approximate surface area is 195 Å². The van der Waals surface area contributed by atoms with Crippen molar-refractivity contribution in [2.75, 3.05) is 12.0 Å². The number of imide groups is 1. The molecule has 170 valence electrons. The third-order valence-corrected chi connectivity index (χ3v) is 6.07. The van der Waals surface area contributed by atoms with Crippen LogP contribution in [0.2, 0.25) is 0 Å². The Bertz CT molecular complexity index is 1140. The van der Waals surface area contributed by atoms with Crippen molar-refractivity contribution in [3.63, 3.8) is 0 Å². The highest BCUT2D eigenvalue weighted by molar-refractivity contribution is 7.98. The van der Waals surface area contributed by atoms with Gasteiger partial charge in [0.2, 0.25) is 5.82 Å². The second-order valence-corrected chi connectivity index (χ2v) is 8.48. The third-order valence-electron chi connectivity index (χ3n) is 5.43. The lowest BCUT2D eigenvalue weighted by molar-refractivity contribution is -0.150. The molecule has 0 aliphatic carbocycles. The highest BCUT2D eigenvalue weighted by Crippen LogP contribution is 2.27. The number of ether oxygens (including phenoxy) is 1. The molecule has 0 saturated heterocycles. The van der Waals surface area contributed by atoms with Crippen molar-refractivity contribution in [1.29, 1.82) is 0 Å². The van der Waals surface area contributed by atoms with Gasteiger partial charge in [-0.3, -0.25) is 14.5 Å². The summed E-state index contributed by atoms with van der Waals surface area (Å²) in [4.78, 5) is 43.9. The number of aromatic nitrogens is 2. The first kappa shape index (κ1) is 22.7. The van der Waals surface area contributed by atoms with Crippen molar-refractivity contribution < 1.29 is 23.6 Å². The second kappa shape index (κ2) is 9.99. The number of carbonyl (C=O) groups excluding carboxylic acids is 3. The van der Waals surface area contributed by atoms with Gasteiger partial charge in [0.15, 0.2) is 6.61 Å². The maximum absolute atomic E-state index is 12.9. The van der Waals surface area contributed by atoms with Crippen LogP contribution in [0, 0.1) is 0 Å². The van der Waals surface area contributed by atoms with Gasteiger partial charge in [-0.1, -0.05) is 48.5 Å². The van der Waals surface area contributed by atoms with Gasteiger partial charge in [0, 0.05) is 5.56 Å². The lowest BCUT2D eigenvalue weighted by Crippen LogP contribution is -2.46. The van der Waals surface area contributed by atoms with E-state index < -0.39 is 23.8 Å². The Hall–Kier alpha value is -3.46. The minimum atomic E-state index is -1.03. The second-order valence-electron chi connectivity index (χ2n) is 7.49. The van der Waals surface area contributed by atoms with Crippen LogP contribution in [0.1, 0.15) is 45.5 Å². The molecule has 1 aliphatic rings. The van der Waals surface area contributed by atoms with E-state index in [9.17, 15) is 14.4 Å². The smallest absolute Gasteiger partial charge is 0.329 e. The van der Waals surface area contributed by atoms with Crippen LogP contribution in [0.4, 0.5) is 0 Å². The van der Waals surface area contributed by atoms with Crippen LogP contribution >= 0.6 is 11.8 Å². The van der Waals surface area contributed by atoms with Gasteiger partial charge in [0.05, 0.1) is 11.1 Å².